The number of rotatable bonds is 1. The summed E-state index contributed by atoms with van der Waals surface area (Å²) in [6, 6.07) is 13.8. The molecule has 0 aromatic heterocycles. The molecule has 1 unspecified atom stereocenters. The second-order valence-electron chi connectivity index (χ2n) is 7.05. The van der Waals surface area contributed by atoms with Crippen molar-refractivity contribution in [3.05, 3.63) is 63.7 Å². The molecule has 0 N–H and O–H groups in total. The SMILES string of the molecule is COc1cc2c(cc1Cl)CCCN(C)C1CCc3ccccc3[C@H]21. The van der Waals surface area contributed by atoms with Crippen molar-refractivity contribution in [2.45, 2.75) is 37.6 Å². The highest BCUT2D eigenvalue weighted by Crippen LogP contribution is 2.44. The highest BCUT2D eigenvalue weighted by Gasteiger charge is 2.35. The number of ether oxygens (including phenoxy) is 1. The zero-order valence-electron chi connectivity index (χ0n) is 14.4. The number of halogens is 1. The largest absolute Gasteiger partial charge is 0.495 e. The predicted octanol–water partition coefficient (Wildman–Crippen LogP) is 4.67. The monoisotopic (exact) mass is 341 g/mol. The zero-order chi connectivity index (χ0) is 16.7. The maximum Gasteiger partial charge on any atom is 0.137 e. The quantitative estimate of drug-likeness (QED) is 0.747. The third kappa shape index (κ3) is 2.62. The lowest BCUT2D eigenvalue weighted by molar-refractivity contribution is 0.196. The van der Waals surface area contributed by atoms with E-state index in [1.807, 2.05) is 0 Å². The second kappa shape index (κ2) is 6.42. The van der Waals surface area contributed by atoms with Crippen molar-refractivity contribution in [2.24, 2.45) is 0 Å². The van der Waals surface area contributed by atoms with Gasteiger partial charge in [0.1, 0.15) is 5.75 Å². The Bertz CT molecular complexity index is 757. The summed E-state index contributed by atoms with van der Waals surface area (Å²) in [5, 5.41) is 0.728. The lowest BCUT2D eigenvalue weighted by Gasteiger charge is -2.42. The molecule has 0 amide bonds. The summed E-state index contributed by atoms with van der Waals surface area (Å²) >= 11 is 6.42. The maximum atomic E-state index is 6.42. The van der Waals surface area contributed by atoms with Gasteiger partial charge in [0.15, 0.2) is 0 Å². The topological polar surface area (TPSA) is 12.5 Å². The van der Waals surface area contributed by atoms with Crippen molar-refractivity contribution in [3.8, 4) is 5.75 Å². The van der Waals surface area contributed by atoms with E-state index in [1.54, 1.807) is 7.11 Å². The molecule has 0 saturated carbocycles. The van der Waals surface area contributed by atoms with Crippen molar-refractivity contribution < 1.29 is 4.74 Å². The standard InChI is InChI=1S/C21H24ClNO/c1-23-11-5-7-15-12-18(22)20(24-2)13-17(15)21-16-8-4-3-6-14(16)9-10-19(21)23/h3-4,6,8,12-13,19,21H,5,7,9-11H2,1-2H3/t19?,21-/m1/s1. The molecule has 1 aliphatic carbocycles. The van der Waals surface area contributed by atoms with Gasteiger partial charge in [-0.15, -0.1) is 0 Å². The molecular weight excluding hydrogens is 318 g/mol. The first kappa shape index (κ1) is 16.0. The second-order valence-corrected chi connectivity index (χ2v) is 7.46. The number of hydrogen-bond acceptors (Lipinski definition) is 2. The zero-order valence-corrected chi connectivity index (χ0v) is 15.1. The average Bonchev–Trinajstić information content (AvgIpc) is 2.60. The first-order valence-corrected chi connectivity index (χ1v) is 9.21. The van der Waals surface area contributed by atoms with Crippen LogP contribution in [0.3, 0.4) is 0 Å². The van der Waals surface area contributed by atoms with E-state index >= 15 is 0 Å². The van der Waals surface area contributed by atoms with Crippen LogP contribution in [0, 0.1) is 0 Å². The minimum absolute atomic E-state index is 0.404. The highest BCUT2D eigenvalue weighted by atomic mass is 35.5. The molecule has 0 spiro atoms. The van der Waals surface area contributed by atoms with E-state index < -0.39 is 0 Å². The van der Waals surface area contributed by atoms with Crippen molar-refractivity contribution in [1.82, 2.24) is 4.90 Å². The summed E-state index contributed by atoms with van der Waals surface area (Å²) in [6.07, 6.45) is 4.64. The van der Waals surface area contributed by atoms with Gasteiger partial charge in [0.2, 0.25) is 0 Å². The summed E-state index contributed by atoms with van der Waals surface area (Å²) in [7, 11) is 3.98. The van der Waals surface area contributed by atoms with Gasteiger partial charge in [-0.3, -0.25) is 0 Å². The molecule has 2 nitrogen and oxygen atoms in total. The fourth-order valence-corrected chi connectivity index (χ4v) is 4.81. The maximum absolute atomic E-state index is 6.42. The summed E-state index contributed by atoms with van der Waals surface area (Å²) in [6.45, 7) is 1.15. The normalized spacial score (nSPS) is 23.5. The number of aryl methyl sites for hydroxylation is 2. The van der Waals surface area contributed by atoms with Crippen LogP contribution in [0.1, 0.15) is 41.0 Å². The average molecular weight is 342 g/mol. The molecule has 3 heteroatoms. The van der Waals surface area contributed by atoms with Crippen LogP contribution in [0.15, 0.2) is 36.4 Å². The minimum atomic E-state index is 0.404. The molecule has 0 fully saturated rings. The van der Waals surface area contributed by atoms with Crippen LogP contribution in [0.25, 0.3) is 0 Å². The van der Waals surface area contributed by atoms with E-state index in [4.69, 9.17) is 16.3 Å². The molecule has 0 radical (unpaired) electrons. The predicted molar refractivity (Wildman–Crippen MR) is 99.3 cm³/mol. The van der Waals surface area contributed by atoms with Gasteiger partial charge in [-0.1, -0.05) is 35.9 Å². The van der Waals surface area contributed by atoms with E-state index in [1.165, 1.54) is 41.5 Å². The fraction of sp³-hybridized carbons (Fsp3) is 0.429. The van der Waals surface area contributed by atoms with Gasteiger partial charge in [0.05, 0.1) is 12.1 Å². The lowest BCUT2D eigenvalue weighted by Crippen LogP contribution is -2.42. The Kier molecular flexibility index (Phi) is 4.28. The molecule has 2 aromatic rings. The first-order chi connectivity index (χ1) is 11.7. The molecule has 1 aliphatic heterocycles. The van der Waals surface area contributed by atoms with Crippen LogP contribution in [0.4, 0.5) is 0 Å². The third-order valence-electron chi connectivity index (χ3n) is 5.76. The molecule has 0 bridgehead atoms. The van der Waals surface area contributed by atoms with Gasteiger partial charge in [-0.25, -0.2) is 0 Å². The van der Waals surface area contributed by atoms with E-state index in [0.29, 0.717) is 12.0 Å². The van der Waals surface area contributed by atoms with Crippen LogP contribution < -0.4 is 4.74 Å². The molecule has 24 heavy (non-hydrogen) atoms. The Balaban J connectivity index is 1.93. The van der Waals surface area contributed by atoms with Gasteiger partial charge >= 0.3 is 0 Å². The molecular formula is C21H24ClNO. The van der Waals surface area contributed by atoms with Gasteiger partial charge in [0.25, 0.3) is 0 Å². The van der Waals surface area contributed by atoms with Gasteiger partial charge in [0, 0.05) is 12.0 Å². The third-order valence-corrected chi connectivity index (χ3v) is 6.05. The molecule has 2 aromatic carbocycles. The summed E-state index contributed by atoms with van der Waals surface area (Å²) in [5.41, 5.74) is 5.77. The molecule has 1 heterocycles. The minimum Gasteiger partial charge on any atom is -0.495 e. The summed E-state index contributed by atoms with van der Waals surface area (Å²) in [4.78, 5) is 2.56. The van der Waals surface area contributed by atoms with Crippen molar-refractivity contribution in [1.29, 1.82) is 0 Å². The number of benzene rings is 2. The number of hydrogen-bond donors (Lipinski definition) is 0. The Morgan fingerprint density at radius 3 is 2.75 bits per heavy atom. The number of methoxy groups -OCH3 is 1. The molecule has 2 atom stereocenters. The highest BCUT2D eigenvalue weighted by molar-refractivity contribution is 6.32. The van der Waals surface area contributed by atoms with E-state index in [2.05, 4.69) is 48.3 Å². The fourth-order valence-electron chi connectivity index (χ4n) is 4.55. The lowest BCUT2D eigenvalue weighted by atomic mass is 9.72. The van der Waals surface area contributed by atoms with Crippen LogP contribution in [-0.2, 0) is 12.8 Å². The number of nitrogens with zero attached hydrogens (tertiary/aromatic N) is 1. The van der Waals surface area contributed by atoms with Crippen LogP contribution in [-0.4, -0.2) is 31.6 Å². The van der Waals surface area contributed by atoms with Gasteiger partial charge in [-0.05, 0) is 73.7 Å². The van der Waals surface area contributed by atoms with E-state index in [0.717, 1.165) is 23.7 Å². The van der Waals surface area contributed by atoms with Crippen LogP contribution in [0.5, 0.6) is 5.75 Å². The molecule has 2 aliphatic rings. The van der Waals surface area contributed by atoms with Crippen molar-refractivity contribution in [3.63, 3.8) is 0 Å². The van der Waals surface area contributed by atoms with Crippen molar-refractivity contribution >= 4 is 11.6 Å². The number of likely N-dealkylation sites (N-methyl/N-ethyl adjacent to an activating group) is 1. The van der Waals surface area contributed by atoms with Crippen molar-refractivity contribution in [2.75, 3.05) is 20.7 Å². The smallest absolute Gasteiger partial charge is 0.137 e. The molecule has 4 rings (SSSR count). The van der Waals surface area contributed by atoms with Crippen LogP contribution >= 0.6 is 11.6 Å². The Hall–Kier alpha value is -1.51. The van der Waals surface area contributed by atoms with Gasteiger partial charge < -0.3 is 9.64 Å². The molecule has 0 saturated heterocycles. The van der Waals surface area contributed by atoms with E-state index in [-0.39, 0.29) is 0 Å². The van der Waals surface area contributed by atoms with E-state index in [9.17, 15) is 0 Å². The summed E-state index contributed by atoms with van der Waals surface area (Å²) < 4.78 is 5.53. The molecule has 126 valence electrons. The number of fused-ring (bicyclic) bond motifs is 5. The first-order valence-electron chi connectivity index (χ1n) is 8.83. The Labute approximate surface area is 149 Å². The van der Waals surface area contributed by atoms with Gasteiger partial charge in [-0.2, -0.15) is 0 Å². The Morgan fingerprint density at radius 2 is 1.92 bits per heavy atom. The summed E-state index contributed by atoms with van der Waals surface area (Å²) in [5.74, 6) is 1.20. The Morgan fingerprint density at radius 1 is 1.08 bits per heavy atom. The van der Waals surface area contributed by atoms with Crippen LogP contribution in [0.2, 0.25) is 5.02 Å².